The number of aromatic carboxylic acids is 1. The molecule has 0 bridgehead atoms. The number of carboxylic acids is 1. The second-order valence-corrected chi connectivity index (χ2v) is 2.47. The largest absolute Gasteiger partial charge is 0.477 e. The normalized spacial score (nSPS) is 10.0. The van der Waals surface area contributed by atoms with E-state index in [0.717, 1.165) is 0 Å². The zero-order valence-electron chi connectivity index (χ0n) is 7.46. The van der Waals surface area contributed by atoms with Crippen LogP contribution in [0.25, 0.3) is 0 Å². The molecule has 0 radical (unpaired) electrons. The van der Waals surface area contributed by atoms with Gasteiger partial charge in [-0.05, 0) is 6.42 Å². The Hall–Kier alpha value is -1.65. The van der Waals surface area contributed by atoms with Gasteiger partial charge >= 0.3 is 5.97 Å². The maximum absolute atomic E-state index is 10.7. The van der Waals surface area contributed by atoms with E-state index in [4.69, 9.17) is 20.0 Å². The molecule has 0 aliphatic heterocycles. The number of carboxylic acid groups (broad SMARTS) is 1. The van der Waals surface area contributed by atoms with Crippen LogP contribution in [0.3, 0.4) is 0 Å². The lowest BCUT2D eigenvalue weighted by Gasteiger charge is -1.96. The molecule has 1 aromatic rings. The molecule has 0 saturated carbocycles. The SMILES string of the molecule is CCc1c(OC)oc(N)c1C(=O)O. The van der Waals surface area contributed by atoms with Gasteiger partial charge in [-0.15, -0.1) is 0 Å². The molecule has 0 aliphatic rings. The number of nitrogens with two attached hydrogens (primary N) is 1. The molecule has 0 spiro atoms. The summed E-state index contributed by atoms with van der Waals surface area (Å²) in [5.74, 6) is -1.03. The summed E-state index contributed by atoms with van der Waals surface area (Å²) in [4.78, 5) is 10.7. The van der Waals surface area contributed by atoms with E-state index in [0.29, 0.717) is 12.0 Å². The van der Waals surface area contributed by atoms with E-state index in [2.05, 4.69) is 0 Å². The van der Waals surface area contributed by atoms with Gasteiger partial charge < -0.3 is 20.0 Å². The van der Waals surface area contributed by atoms with E-state index in [1.54, 1.807) is 6.92 Å². The maximum Gasteiger partial charge on any atom is 0.341 e. The van der Waals surface area contributed by atoms with Crippen LogP contribution in [0.2, 0.25) is 0 Å². The van der Waals surface area contributed by atoms with E-state index in [1.807, 2.05) is 0 Å². The fourth-order valence-corrected chi connectivity index (χ4v) is 1.18. The summed E-state index contributed by atoms with van der Waals surface area (Å²) in [6.07, 6.45) is 0.505. The summed E-state index contributed by atoms with van der Waals surface area (Å²) < 4.78 is 9.76. The summed E-state index contributed by atoms with van der Waals surface area (Å²) >= 11 is 0. The fraction of sp³-hybridized carbons (Fsp3) is 0.375. The maximum atomic E-state index is 10.7. The molecule has 0 unspecified atom stereocenters. The van der Waals surface area contributed by atoms with Gasteiger partial charge in [-0.25, -0.2) is 4.79 Å². The van der Waals surface area contributed by atoms with Crippen LogP contribution >= 0.6 is 0 Å². The summed E-state index contributed by atoms with van der Waals surface area (Å²) in [5, 5.41) is 8.79. The topological polar surface area (TPSA) is 85.7 Å². The monoisotopic (exact) mass is 185 g/mol. The van der Waals surface area contributed by atoms with Crippen LogP contribution in [0.5, 0.6) is 5.95 Å². The zero-order valence-corrected chi connectivity index (χ0v) is 7.46. The number of hydrogen-bond donors (Lipinski definition) is 2. The predicted octanol–water partition coefficient (Wildman–Crippen LogP) is 1.13. The molecular weight excluding hydrogens is 174 g/mol. The number of anilines is 1. The van der Waals surface area contributed by atoms with E-state index in [-0.39, 0.29) is 17.4 Å². The smallest absolute Gasteiger partial charge is 0.341 e. The molecule has 0 aromatic carbocycles. The van der Waals surface area contributed by atoms with Crippen molar-refractivity contribution in [3.63, 3.8) is 0 Å². The number of carbonyl (C=O) groups is 1. The van der Waals surface area contributed by atoms with E-state index in [9.17, 15) is 4.79 Å². The number of nitrogen functional groups attached to an aromatic ring is 1. The summed E-state index contributed by atoms with van der Waals surface area (Å²) in [6, 6.07) is 0. The second-order valence-electron chi connectivity index (χ2n) is 2.47. The van der Waals surface area contributed by atoms with Crippen LogP contribution < -0.4 is 10.5 Å². The van der Waals surface area contributed by atoms with Crippen molar-refractivity contribution in [1.82, 2.24) is 0 Å². The highest BCUT2D eigenvalue weighted by Gasteiger charge is 2.22. The van der Waals surface area contributed by atoms with Gasteiger partial charge in [0.1, 0.15) is 5.56 Å². The lowest BCUT2D eigenvalue weighted by atomic mass is 10.1. The van der Waals surface area contributed by atoms with Crippen LogP contribution in [0.1, 0.15) is 22.8 Å². The van der Waals surface area contributed by atoms with Crippen LogP contribution in [0, 0.1) is 0 Å². The molecule has 0 amide bonds. The molecule has 0 fully saturated rings. The van der Waals surface area contributed by atoms with Gasteiger partial charge in [0.25, 0.3) is 5.95 Å². The first-order valence-corrected chi connectivity index (χ1v) is 3.80. The highest BCUT2D eigenvalue weighted by atomic mass is 16.6. The average molecular weight is 185 g/mol. The third kappa shape index (κ3) is 1.44. The van der Waals surface area contributed by atoms with Gasteiger partial charge in [-0.1, -0.05) is 6.92 Å². The molecule has 1 heterocycles. The minimum Gasteiger partial charge on any atom is -0.477 e. The van der Waals surface area contributed by atoms with Crippen molar-refractivity contribution < 1.29 is 19.1 Å². The van der Waals surface area contributed by atoms with E-state index in [1.165, 1.54) is 7.11 Å². The van der Waals surface area contributed by atoms with Crippen molar-refractivity contribution in [3.8, 4) is 5.95 Å². The highest BCUT2D eigenvalue weighted by molar-refractivity contribution is 5.94. The molecule has 72 valence electrons. The summed E-state index contributed by atoms with van der Waals surface area (Å²) in [6.45, 7) is 1.80. The number of hydrogen-bond acceptors (Lipinski definition) is 4. The van der Waals surface area contributed by atoms with Crippen molar-refractivity contribution in [2.75, 3.05) is 12.8 Å². The predicted molar refractivity (Wildman–Crippen MR) is 46.0 cm³/mol. The highest BCUT2D eigenvalue weighted by Crippen LogP contribution is 2.31. The third-order valence-electron chi connectivity index (χ3n) is 1.75. The van der Waals surface area contributed by atoms with Crippen molar-refractivity contribution in [2.45, 2.75) is 13.3 Å². The molecule has 0 aliphatic carbocycles. The van der Waals surface area contributed by atoms with Crippen LogP contribution in [-0.4, -0.2) is 18.2 Å². The molecule has 0 saturated heterocycles. The molecule has 5 heteroatoms. The van der Waals surface area contributed by atoms with Gasteiger partial charge in [-0.2, -0.15) is 0 Å². The van der Waals surface area contributed by atoms with Gasteiger partial charge in [0, 0.05) is 0 Å². The fourth-order valence-electron chi connectivity index (χ4n) is 1.18. The van der Waals surface area contributed by atoms with Gasteiger partial charge in [0.15, 0.2) is 0 Å². The number of rotatable bonds is 3. The molecular formula is C8H11NO4. The minimum absolute atomic E-state index is 0.000602. The Morgan fingerprint density at radius 2 is 2.31 bits per heavy atom. The number of ether oxygens (including phenoxy) is 1. The van der Waals surface area contributed by atoms with Crippen molar-refractivity contribution in [3.05, 3.63) is 11.1 Å². The van der Waals surface area contributed by atoms with Gasteiger partial charge in [0.05, 0.1) is 12.7 Å². The Labute approximate surface area is 75.1 Å². The Morgan fingerprint density at radius 3 is 2.69 bits per heavy atom. The van der Waals surface area contributed by atoms with Crippen LogP contribution in [0.15, 0.2) is 4.42 Å². The number of furan rings is 1. The Balaban J connectivity index is 3.31. The van der Waals surface area contributed by atoms with E-state index < -0.39 is 5.97 Å². The molecule has 1 aromatic heterocycles. The quantitative estimate of drug-likeness (QED) is 0.737. The van der Waals surface area contributed by atoms with E-state index >= 15 is 0 Å². The van der Waals surface area contributed by atoms with Crippen LogP contribution in [-0.2, 0) is 6.42 Å². The summed E-state index contributed by atoms with van der Waals surface area (Å²) in [7, 11) is 1.41. The summed E-state index contributed by atoms with van der Waals surface area (Å²) in [5.41, 5.74) is 5.86. The molecule has 3 N–H and O–H groups in total. The first kappa shape index (κ1) is 9.44. The lowest BCUT2D eigenvalue weighted by molar-refractivity contribution is 0.0696. The van der Waals surface area contributed by atoms with Crippen LogP contribution in [0.4, 0.5) is 5.88 Å². The van der Waals surface area contributed by atoms with Gasteiger partial charge in [-0.3, -0.25) is 0 Å². The van der Waals surface area contributed by atoms with Crippen molar-refractivity contribution >= 4 is 11.9 Å². The Morgan fingerprint density at radius 1 is 1.69 bits per heavy atom. The molecule has 0 atom stereocenters. The molecule has 13 heavy (non-hydrogen) atoms. The first-order valence-electron chi connectivity index (χ1n) is 3.80. The molecule has 5 nitrogen and oxygen atoms in total. The molecule has 1 rings (SSSR count). The zero-order chi connectivity index (χ0) is 10.0. The second kappa shape index (κ2) is 3.38. The minimum atomic E-state index is -1.10. The van der Waals surface area contributed by atoms with Gasteiger partial charge in [0.2, 0.25) is 5.88 Å². The Kier molecular flexibility index (Phi) is 2.46. The average Bonchev–Trinajstić information content (AvgIpc) is 2.41. The number of methoxy groups -OCH3 is 1. The Bertz CT molecular complexity index is 329. The third-order valence-corrected chi connectivity index (χ3v) is 1.75. The lowest BCUT2D eigenvalue weighted by Crippen LogP contribution is -2.02. The standard InChI is InChI=1S/C8H11NO4/c1-3-4-5(7(10)11)6(9)13-8(4)12-2/h3,9H2,1-2H3,(H,10,11). The van der Waals surface area contributed by atoms with Crippen molar-refractivity contribution in [2.24, 2.45) is 0 Å². The van der Waals surface area contributed by atoms with Crippen molar-refractivity contribution in [1.29, 1.82) is 0 Å². The first-order chi connectivity index (χ1) is 6.11.